The lowest BCUT2D eigenvalue weighted by molar-refractivity contribution is -0.0487. The van der Waals surface area contributed by atoms with Crippen LogP contribution in [0.5, 0.6) is 0 Å². The maximum Gasteiger partial charge on any atom is 0.321 e. The van der Waals surface area contributed by atoms with Crippen LogP contribution in [0, 0.1) is 0 Å². The van der Waals surface area contributed by atoms with E-state index in [1.54, 1.807) is 0 Å². The summed E-state index contributed by atoms with van der Waals surface area (Å²) in [6, 6.07) is 0. The average Bonchev–Trinajstić information content (AvgIpc) is 3.01. The molecule has 11 nitrogen and oxygen atoms in total. The van der Waals surface area contributed by atoms with Gasteiger partial charge in [0, 0.05) is 0 Å². The number of aliphatic hydroxyl groups excluding tert-OH is 2. The van der Waals surface area contributed by atoms with Crippen molar-refractivity contribution in [2.75, 3.05) is 12.3 Å². The molecule has 126 valence electrons. The SMILES string of the molecule is Nc1ncnc2c1ncn2[C@@H]1O[C@H](COP(O)(O)=S)[C@H](O)[C@@H]1O. The highest BCUT2D eigenvalue weighted by molar-refractivity contribution is 8.06. The number of nitrogens with zero attached hydrogens (tertiary/aromatic N) is 4. The molecule has 2 aromatic heterocycles. The monoisotopic (exact) mass is 363 g/mol. The third kappa shape index (κ3) is 3.20. The Morgan fingerprint density at radius 1 is 1.30 bits per heavy atom. The quantitative estimate of drug-likeness (QED) is 0.391. The van der Waals surface area contributed by atoms with E-state index in [0.29, 0.717) is 11.2 Å². The number of fused-ring (bicyclic) bond motifs is 1. The van der Waals surface area contributed by atoms with Gasteiger partial charge in [0.1, 0.15) is 30.2 Å². The molecule has 1 fully saturated rings. The molecule has 0 amide bonds. The van der Waals surface area contributed by atoms with Crippen molar-refractivity contribution in [3.05, 3.63) is 12.7 Å². The molecular weight excluding hydrogens is 349 g/mol. The molecule has 13 heteroatoms. The Kier molecular flexibility index (Phi) is 4.33. The van der Waals surface area contributed by atoms with Gasteiger partial charge in [-0.15, -0.1) is 0 Å². The van der Waals surface area contributed by atoms with E-state index in [1.165, 1.54) is 17.2 Å². The number of hydrogen-bond donors (Lipinski definition) is 5. The van der Waals surface area contributed by atoms with Crippen LogP contribution in [0.25, 0.3) is 11.2 Å². The fraction of sp³-hybridized carbons (Fsp3) is 0.500. The van der Waals surface area contributed by atoms with Crippen molar-refractivity contribution in [3.8, 4) is 0 Å². The zero-order valence-corrected chi connectivity index (χ0v) is 13.2. The van der Waals surface area contributed by atoms with E-state index in [-0.39, 0.29) is 12.4 Å². The van der Waals surface area contributed by atoms with Crippen LogP contribution in [-0.2, 0) is 21.1 Å². The fourth-order valence-electron chi connectivity index (χ4n) is 2.32. The van der Waals surface area contributed by atoms with Crippen LogP contribution in [0.3, 0.4) is 0 Å². The summed E-state index contributed by atoms with van der Waals surface area (Å²) in [7, 11) is 0. The summed E-state index contributed by atoms with van der Waals surface area (Å²) >= 11 is 4.33. The van der Waals surface area contributed by atoms with Crippen LogP contribution in [0.15, 0.2) is 12.7 Å². The first-order chi connectivity index (χ1) is 10.8. The Hall–Kier alpha value is -1.24. The van der Waals surface area contributed by atoms with E-state index in [1.807, 2.05) is 0 Å². The highest BCUT2D eigenvalue weighted by Crippen LogP contribution is 2.39. The molecule has 3 rings (SSSR count). The predicted molar refractivity (Wildman–Crippen MR) is 80.3 cm³/mol. The Morgan fingerprint density at radius 3 is 2.74 bits per heavy atom. The summed E-state index contributed by atoms with van der Waals surface area (Å²) in [5.74, 6) is 0.169. The molecule has 2 aromatic rings. The molecule has 1 aliphatic rings. The molecule has 0 bridgehead atoms. The Bertz CT molecular complexity index is 767. The minimum atomic E-state index is -3.89. The second-order valence-electron chi connectivity index (χ2n) is 4.92. The normalized spacial score (nSPS) is 28.5. The Morgan fingerprint density at radius 2 is 2.04 bits per heavy atom. The van der Waals surface area contributed by atoms with Crippen LogP contribution in [0.2, 0.25) is 0 Å². The van der Waals surface area contributed by atoms with Gasteiger partial charge in [-0.1, -0.05) is 0 Å². The van der Waals surface area contributed by atoms with E-state index in [4.69, 9.17) is 20.3 Å². The van der Waals surface area contributed by atoms with Crippen LogP contribution in [0.1, 0.15) is 6.23 Å². The average molecular weight is 363 g/mol. The molecule has 1 aliphatic heterocycles. The van der Waals surface area contributed by atoms with Crippen molar-refractivity contribution >= 4 is 35.5 Å². The molecule has 0 spiro atoms. The van der Waals surface area contributed by atoms with Crippen molar-refractivity contribution in [2.45, 2.75) is 24.5 Å². The van der Waals surface area contributed by atoms with Gasteiger partial charge in [0.2, 0.25) is 0 Å². The summed E-state index contributed by atoms with van der Waals surface area (Å²) in [6.07, 6.45) is -2.06. The molecule has 1 saturated heterocycles. The number of nitrogens with two attached hydrogens (primary N) is 1. The van der Waals surface area contributed by atoms with Gasteiger partial charge in [0.25, 0.3) is 0 Å². The van der Waals surface area contributed by atoms with Crippen molar-refractivity contribution in [2.24, 2.45) is 0 Å². The van der Waals surface area contributed by atoms with Crippen LogP contribution < -0.4 is 5.73 Å². The van der Waals surface area contributed by atoms with E-state index in [0.717, 1.165) is 0 Å². The number of nitrogen functional groups attached to an aromatic ring is 1. The van der Waals surface area contributed by atoms with E-state index in [9.17, 15) is 10.2 Å². The molecule has 0 radical (unpaired) electrons. The van der Waals surface area contributed by atoms with Crippen molar-refractivity contribution in [1.82, 2.24) is 19.5 Å². The molecule has 0 unspecified atom stereocenters. The van der Waals surface area contributed by atoms with Crippen molar-refractivity contribution < 1.29 is 29.3 Å². The molecule has 0 aliphatic carbocycles. The third-order valence-electron chi connectivity index (χ3n) is 3.41. The Labute approximate surface area is 134 Å². The van der Waals surface area contributed by atoms with Gasteiger partial charge in [-0.3, -0.25) is 4.57 Å². The van der Waals surface area contributed by atoms with Gasteiger partial charge in [-0.25, -0.2) is 15.0 Å². The van der Waals surface area contributed by atoms with Crippen LogP contribution in [0.4, 0.5) is 5.82 Å². The van der Waals surface area contributed by atoms with Gasteiger partial charge in [0.05, 0.1) is 12.9 Å². The van der Waals surface area contributed by atoms with E-state index < -0.39 is 31.3 Å². The van der Waals surface area contributed by atoms with E-state index >= 15 is 0 Å². The number of aliphatic hydroxyl groups is 2. The predicted octanol–water partition coefficient (Wildman–Crippen LogP) is -1.75. The van der Waals surface area contributed by atoms with Crippen LogP contribution in [-0.4, -0.2) is 64.4 Å². The molecule has 23 heavy (non-hydrogen) atoms. The number of hydrogen-bond acceptors (Lipinski definition) is 9. The number of ether oxygens (including phenoxy) is 1. The van der Waals surface area contributed by atoms with Gasteiger partial charge in [-0.05, 0) is 11.8 Å². The maximum atomic E-state index is 10.2. The second-order valence-corrected chi connectivity index (χ2v) is 7.58. The number of aromatic nitrogens is 4. The summed E-state index contributed by atoms with van der Waals surface area (Å²) < 4.78 is 11.6. The summed E-state index contributed by atoms with van der Waals surface area (Å²) in [4.78, 5) is 30.0. The third-order valence-corrected chi connectivity index (χ3v) is 4.21. The molecule has 0 aromatic carbocycles. The first kappa shape index (κ1) is 16.6. The molecule has 3 heterocycles. The minimum Gasteiger partial charge on any atom is -0.387 e. The van der Waals surface area contributed by atoms with Gasteiger partial charge < -0.3 is 35.0 Å². The summed E-state index contributed by atoms with van der Waals surface area (Å²) in [6.45, 7) is -4.27. The summed E-state index contributed by atoms with van der Waals surface area (Å²) in [5, 5.41) is 20.2. The van der Waals surface area contributed by atoms with Gasteiger partial charge in [-0.2, -0.15) is 0 Å². The van der Waals surface area contributed by atoms with Crippen molar-refractivity contribution in [1.29, 1.82) is 0 Å². The van der Waals surface area contributed by atoms with Gasteiger partial charge in [0.15, 0.2) is 17.7 Å². The van der Waals surface area contributed by atoms with Crippen molar-refractivity contribution in [3.63, 3.8) is 0 Å². The van der Waals surface area contributed by atoms with Crippen LogP contribution >= 0.6 is 6.72 Å². The zero-order chi connectivity index (χ0) is 16.8. The second kappa shape index (κ2) is 6.00. The zero-order valence-electron chi connectivity index (χ0n) is 11.5. The molecule has 6 N–H and O–H groups in total. The first-order valence-electron chi connectivity index (χ1n) is 6.42. The highest BCUT2D eigenvalue weighted by Gasteiger charge is 2.44. The number of rotatable bonds is 4. The molecular formula is C10H14N5O6PS. The number of anilines is 1. The lowest BCUT2D eigenvalue weighted by atomic mass is 10.1. The molecule has 0 saturated carbocycles. The largest absolute Gasteiger partial charge is 0.387 e. The van der Waals surface area contributed by atoms with E-state index in [2.05, 4.69) is 31.3 Å². The summed E-state index contributed by atoms with van der Waals surface area (Å²) in [5.41, 5.74) is 6.35. The molecule has 4 atom stereocenters. The van der Waals surface area contributed by atoms with Gasteiger partial charge >= 0.3 is 6.72 Å². The lowest BCUT2D eigenvalue weighted by Gasteiger charge is -2.16. The topological polar surface area (TPSA) is 169 Å². The maximum absolute atomic E-state index is 10.2. The smallest absolute Gasteiger partial charge is 0.321 e. The lowest BCUT2D eigenvalue weighted by Crippen LogP contribution is -2.33. The fourth-order valence-corrected chi connectivity index (χ4v) is 2.85. The Balaban J connectivity index is 1.85. The highest BCUT2D eigenvalue weighted by atomic mass is 32.5. The first-order valence-corrected chi connectivity index (χ1v) is 9.05. The number of imidazole rings is 1. The minimum absolute atomic E-state index is 0.169. The standard InChI is InChI=1S/C10H14N5O6PS/c11-8-5-9(13-2-12-8)15(3-14-5)10-7(17)6(16)4(21-10)1-20-22(18,19)23/h2-4,6-7,10,16-17H,1H2,(H2,11,12,13)(H2,18,19,23)/t4-,6+,7+,10-/m1/s1.